The molecular formula is C22H27N3O3. The third kappa shape index (κ3) is 5.49. The minimum atomic E-state index is -0.207. The van der Waals surface area contributed by atoms with Crippen molar-refractivity contribution in [1.29, 1.82) is 0 Å². The molecule has 0 aliphatic carbocycles. The molecule has 1 aliphatic rings. The van der Waals surface area contributed by atoms with Crippen LogP contribution in [0.4, 0.5) is 11.4 Å². The number of hydrogen-bond acceptors (Lipinski definition) is 4. The smallest absolute Gasteiger partial charge is 0.248 e. The maximum atomic E-state index is 12.2. The van der Waals surface area contributed by atoms with Crippen molar-refractivity contribution in [3.05, 3.63) is 54.5 Å². The Morgan fingerprint density at radius 3 is 2.43 bits per heavy atom. The first-order valence-corrected chi connectivity index (χ1v) is 9.66. The average Bonchev–Trinajstić information content (AvgIpc) is 3.20. The summed E-state index contributed by atoms with van der Waals surface area (Å²) in [4.78, 5) is 28.4. The Kier molecular flexibility index (Phi) is 6.53. The van der Waals surface area contributed by atoms with Gasteiger partial charge in [-0.3, -0.25) is 9.59 Å². The maximum Gasteiger partial charge on any atom is 0.248 e. The number of nitrogens with one attached hydrogen (secondary N) is 1. The second-order valence-electron chi connectivity index (χ2n) is 7.35. The van der Waals surface area contributed by atoms with E-state index in [-0.39, 0.29) is 11.8 Å². The molecule has 1 aromatic carbocycles. The van der Waals surface area contributed by atoms with Crippen LogP contribution in [0, 0.1) is 5.92 Å². The van der Waals surface area contributed by atoms with Gasteiger partial charge in [0, 0.05) is 50.1 Å². The maximum absolute atomic E-state index is 12.2. The summed E-state index contributed by atoms with van der Waals surface area (Å²) >= 11 is 0. The number of rotatable bonds is 6. The van der Waals surface area contributed by atoms with Crippen molar-refractivity contribution >= 4 is 29.3 Å². The number of furan rings is 1. The number of hydrogen-bond donors (Lipinski definition) is 1. The van der Waals surface area contributed by atoms with Gasteiger partial charge in [0.2, 0.25) is 11.8 Å². The van der Waals surface area contributed by atoms with E-state index in [1.165, 1.54) is 6.08 Å². The van der Waals surface area contributed by atoms with Crippen LogP contribution in [0.5, 0.6) is 0 Å². The summed E-state index contributed by atoms with van der Waals surface area (Å²) < 4.78 is 5.16. The molecule has 6 nitrogen and oxygen atoms in total. The monoisotopic (exact) mass is 381 g/mol. The fourth-order valence-corrected chi connectivity index (χ4v) is 3.18. The molecular weight excluding hydrogens is 354 g/mol. The molecule has 0 unspecified atom stereocenters. The van der Waals surface area contributed by atoms with Crippen molar-refractivity contribution in [2.24, 2.45) is 5.92 Å². The van der Waals surface area contributed by atoms with Crippen molar-refractivity contribution in [1.82, 2.24) is 4.90 Å². The van der Waals surface area contributed by atoms with E-state index in [1.807, 2.05) is 29.2 Å². The summed E-state index contributed by atoms with van der Waals surface area (Å²) in [5.41, 5.74) is 1.84. The molecule has 3 rings (SSSR count). The molecule has 1 saturated heterocycles. The fraction of sp³-hybridized carbons (Fsp3) is 0.364. The molecule has 0 saturated carbocycles. The van der Waals surface area contributed by atoms with Crippen LogP contribution in [0.3, 0.4) is 0 Å². The highest BCUT2D eigenvalue weighted by molar-refractivity contribution is 6.01. The Morgan fingerprint density at radius 1 is 1.11 bits per heavy atom. The number of anilines is 2. The van der Waals surface area contributed by atoms with Gasteiger partial charge in [-0.05, 0) is 48.4 Å². The van der Waals surface area contributed by atoms with Crippen LogP contribution < -0.4 is 10.2 Å². The van der Waals surface area contributed by atoms with Crippen LogP contribution in [0.15, 0.2) is 53.2 Å². The van der Waals surface area contributed by atoms with E-state index in [0.29, 0.717) is 18.1 Å². The molecule has 1 fully saturated rings. The topological polar surface area (TPSA) is 65.8 Å². The number of nitrogens with zero attached hydrogens (tertiary/aromatic N) is 2. The van der Waals surface area contributed by atoms with Gasteiger partial charge in [0.05, 0.1) is 6.26 Å². The number of carbonyl (C=O) groups excluding carboxylic acids is 2. The summed E-state index contributed by atoms with van der Waals surface area (Å²) in [5.74, 6) is 1.07. The third-order valence-corrected chi connectivity index (χ3v) is 4.66. The molecule has 28 heavy (non-hydrogen) atoms. The van der Waals surface area contributed by atoms with Gasteiger partial charge in [0.25, 0.3) is 0 Å². The van der Waals surface area contributed by atoms with Gasteiger partial charge in [-0.2, -0.15) is 0 Å². The lowest BCUT2D eigenvalue weighted by molar-refractivity contribution is -0.132. The molecule has 2 aromatic rings. The Labute approximate surface area is 165 Å². The highest BCUT2D eigenvalue weighted by Gasteiger charge is 2.21. The van der Waals surface area contributed by atoms with Crippen molar-refractivity contribution in [2.75, 3.05) is 36.4 Å². The van der Waals surface area contributed by atoms with Crippen LogP contribution >= 0.6 is 0 Å². The number of amides is 2. The summed E-state index contributed by atoms with van der Waals surface area (Å²) in [5, 5.41) is 2.84. The predicted molar refractivity (Wildman–Crippen MR) is 111 cm³/mol. The number of benzene rings is 1. The van der Waals surface area contributed by atoms with Crippen LogP contribution in [0.2, 0.25) is 0 Å². The zero-order valence-corrected chi connectivity index (χ0v) is 16.4. The van der Waals surface area contributed by atoms with Gasteiger partial charge in [0.1, 0.15) is 5.76 Å². The predicted octanol–water partition coefficient (Wildman–Crippen LogP) is 3.63. The molecule has 0 atom stereocenters. The summed E-state index contributed by atoms with van der Waals surface area (Å²) in [6.45, 7) is 7.29. The van der Waals surface area contributed by atoms with Gasteiger partial charge in [0.15, 0.2) is 0 Å². The molecule has 1 aliphatic heterocycles. The van der Waals surface area contributed by atoms with E-state index in [1.54, 1.807) is 24.5 Å². The van der Waals surface area contributed by atoms with E-state index >= 15 is 0 Å². The minimum Gasteiger partial charge on any atom is -0.465 e. The SMILES string of the molecule is CC(C)CC(=O)N1CCN(c2ccc(NC(=O)/C=C/c3ccco3)cc2)CC1. The molecule has 0 spiro atoms. The third-order valence-electron chi connectivity index (χ3n) is 4.66. The molecule has 1 N–H and O–H groups in total. The lowest BCUT2D eigenvalue weighted by atomic mass is 10.1. The van der Waals surface area contributed by atoms with E-state index < -0.39 is 0 Å². The molecule has 6 heteroatoms. The summed E-state index contributed by atoms with van der Waals surface area (Å²) in [6, 6.07) is 11.3. The second-order valence-corrected chi connectivity index (χ2v) is 7.35. The van der Waals surface area contributed by atoms with E-state index in [4.69, 9.17) is 4.42 Å². The largest absolute Gasteiger partial charge is 0.465 e. The Balaban J connectivity index is 1.49. The van der Waals surface area contributed by atoms with Crippen molar-refractivity contribution in [3.8, 4) is 0 Å². The molecule has 0 bridgehead atoms. The van der Waals surface area contributed by atoms with Gasteiger partial charge in [-0.25, -0.2) is 0 Å². The Hall–Kier alpha value is -3.02. The zero-order valence-electron chi connectivity index (χ0n) is 16.4. The first-order valence-electron chi connectivity index (χ1n) is 9.66. The average molecular weight is 381 g/mol. The lowest BCUT2D eigenvalue weighted by Crippen LogP contribution is -2.49. The highest BCUT2D eigenvalue weighted by atomic mass is 16.3. The number of carbonyl (C=O) groups is 2. The molecule has 2 amide bonds. The Bertz CT molecular complexity index is 802. The molecule has 1 aromatic heterocycles. The molecule has 2 heterocycles. The van der Waals surface area contributed by atoms with Crippen LogP contribution in [-0.2, 0) is 9.59 Å². The first kappa shape index (κ1) is 19.7. The standard InChI is InChI=1S/C22H27N3O3/c1-17(2)16-22(27)25-13-11-24(12-14-25)19-7-5-18(6-8-19)23-21(26)10-9-20-4-3-15-28-20/h3-10,15,17H,11-14,16H2,1-2H3,(H,23,26)/b10-9+. The Morgan fingerprint density at radius 2 is 1.82 bits per heavy atom. The summed E-state index contributed by atoms with van der Waals surface area (Å²) in [7, 11) is 0. The first-order chi connectivity index (χ1) is 13.5. The van der Waals surface area contributed by atoms with Crippen molar-refractivity contribution in [2.45, 2.75) is 20.3 Å². The minimum absolute atomic E-state index is 0.207. The molecule has 148 valence electrons. The van der Waals surface area contributed by atoms with E-state index in [0.717, 1.165) is 37.6 Å². The lowest BCUT2D eigenvalue weighted by Gasteiger charge is -2.36. The highest BCUT2D eigenvalue weighted by Crippen LogP contribution is 2.20. The van der Waals surface area contributed by atoms with Gasteiger partial charge >= 0.3 is 0 Å². The normalized spacial score (nSPS) is 14.7. The van der Waals surface area contributed by atoms with Crippen LogP contribution in [0.25, 0.3) is 6.08 Å². The van der Waals surface area contributed by atoms with Crippen molar-refractivity contribution < 1.29 is 14.0 Å². The van der Waals surface area contributed by atoms with Gasteiger partial charge in [-0.1, -0.05) is 13.8 Å². The van der Waals surface area contributed by atoms with E-state index in [9.17, 15) is 9.59 Å². The molecule has 0 radical (unpaired) electrons. The van der Waals surface area contributed by atoms with Gasteiger partial charge in [-0.15, -0.1) is 0 Å². The quantitative estimate of drug-likeness (QED) is 0.776. The van der Waals surface area contributed by atoms with Crippen LogP contribution in [0.1, 0.15) is 26.0 Å². The van der Waals surface area contributed by atoms with Crippen LogP contribution in [-0.4, -0.2) is 42.9 Å². The van der Waals surface area contributed by atoms with Gasteiger partial charge < -0.3 is 19.5 Å². The zero-order chi connectivity index (χ0) is 19.9. The van der Waals surface area contributed by atoms with E-state index in [2.05, 4.69) is 24.1 Å². The summed E-state index contributed by atoms with van der Waals surface area (Å²) in [6.07, 6.45) is 5.25. The second kappa shape index (κ2) is 9.26. The fourth-order valence-electron chi connectivity index (χ4n) is 3.18. The number of piperazine rings is 1. The van der Waals surface area contributed by atoms with Crippen molar-refractivity contribution in [3.63, 3.8) is 0 Å².